The maximum atomic E-state index is 12.3. The summed E-state index contributed by atoms with van der Waals surface area (Å²) in [5.74, 6) is -0.215. The standard InChI is InChI=1S/C18H26N2O2/c1-6-7-8-12-16(21)19-15-11-9-10-14(13(15)2)17(22)20-18(3,4)5/h7-11H,6,12H2,1-5H3,(H,19,21)(H,20,22)/b8-7+. The highest BCUT2D eigenvalue weighted by Crippen LogP contribution is 2.20. The van der Waals surface area contributed by atoms with Crippen molar-refractivity contribution in [1.82, 2.24) is 5.32 Å². The molecule has 0 spiro atoms. The van der Waals surface area contributed by atoms with Crippen LogP contribution in [0.25, 0.3) is 0 Å². The SMILES string of the molecule is CC/C=C/CC(=O)Nc1cccc(C(=O)NC(C)(C)C)c1C. The molecule has 0 aliphatic heterocycles. The summed E-state index contributed by atoms with van der Waals surface area (Å²) in [4.78, 5) is 24.2. The number of anilines is 1. The molecule has 0 heterocycles. The first-order valence-electron chi connectivity index (χ1n) is 7.61. The van der Waals surface area contributed by atoms with E-state index < -0.39 is 0 Å². The van der Waals surface area contributed by atoms with Crippen molar-refractivity contribution < 1.29 is 9.59 Å². The summed E-state index contributed by atoms with van der Waals surface area (Å²) in [5.41, 5.74) is 1.73. The van der Waals surface area contributed by atoms with E-state index in [4.69, 9.17) is 0 Å². The summed E-state index contributed by atoms with van der Waals surface area (Å²) < 4.78 is 0. The Kier molecular flexibility index (Phi) is 6.35. The molecule has 1 aromatic carbocycles. The Balaban J connectivity index is 2.87. The molecule has 0 saturated carbocycles. The Morgan fingerprint density at radius 2 is 1.86 bits per heavy atom. The van der Waals surface area contributed by atoms with Crippen molar-refractivity contribution in [3.63, 3.8) is 0 Å². The number of carbonyl (C=O) groups excluding carboxylic acids is 2. The van der Waals surface area contributed by atoms with Crippen LogP contribution in [0.15, 0.2) is 30.4 Å². The zero-order valence-electron chi connectivity index (χ0n) is 14.1. The van der Waals surface area contributed by atoms with Gasteiger partial charge in [-0.1, -0.05) is 25.1 Å². The van der Waals surface area contributed by atoms with Gasteiger partial charge in [-0.3, -0.25) is 9.59 Å². The molecule has 120 valence electrons. The van der Waals surface area contributed by atoms with Gasteiger partial charge < -0.3 is 10.6 Å². The molecule has 0 aromatic heterocycles. The molecule has 0 fully saturated rings. The van der Waals surface area contributed by atoms with Crippen LogP contribution in [0.4, 0.5) is 5.69 Å². The molecule has 0 aliphatic rings. The monoisotopic (exact) mass is 302 g/mol. The van der Waals surface area contributed by atoms with Gasteiger partial charge in [0.15, 0.2) is 0 Å². The van der Waals surface area contributed by atoms with Crippen LogP contribution in [0, 0.1) is 6.92 Å². The van der Waals surface area contributed by atoms with E-state index in [2.05, 4.69) is 10.6 Å². The molecule has 1 aromatic rings. The van der Waals surface area contributed by atoms with E-state index in [1.165, 1.54) is 0 Å². The van der Waals surface area contributed by atoms with Gasteiger partial charge in [0.05, 0.1) is 0 Å². The first-order valence-corrected chi connectivity index (χ1v) is 7.61. The molecule has 2 amide bonds. The average molecular weight is 302 g/mol. The number of benzene rings is 1. The van der Waals surface area contributed by atoms with Gasteiger partial charge in [0, 0.05) is 23.2 Å². The molecule has 4 heteroatoms. The van der Waals surface area contributed by atoms with Crippen molar-refractivity contribution >= 4 is 17.5 Å². The largest absolute Gasteiger partial charge is 0.347 e. The topological polar surface area (TPSA) is 58.2 Å². The minimum Gasteiger partial charge on any atom is -0.347 e. The Bertz CT molecular complexity index is 569. The third-order valence-electron chi connectivity index (χ3n) is 3.05. The summed E-state index contributed by atoms with van der Waals surface area (Å²) in [6.07, 6.45) is 5.06. The molecule has 0 atom stereocenters. The number of hydrogen-bond donors (Lipinski definition) is 2. The smallest absolute Gasteiger partial charge is 0.252 e. The van der Waals surface area contributed by atoms with Gasteiger partial charge in [0.1, 0.15) is 0 Å². The van der Waals surface area contributed by atoms with Crippen LogP contribution in [0.5, 0.6) is 0 Å². The van der Waals surface area contributed by atoms with Gasteiger partial charge in [-0.2, -0.15) is 0 Å². The lowest BCUT2D eigenvalue weighted by Gasteiger charge is -2.21. The van der Waals surface area contributed by atoms with Crippen LogP contribution < -0.4 is 10.6 Å². The zero-order valence-corrected chi connectivity index (χ0v) is 14.1. The lowest BCUT2D eigenvalue weighted by atomic mass is 10.0. The van der Waals surface area contributed by atoms with Crippen LogP contribution in [-0.4, -0.2) is 17.4 Å². The van der Waals surface area contributed by atoms with E-state index in [9.17, 15) is 9.59 Å². The van der Waals surface area contributed by atoms with Gasteiger partial charge in [-0.05, 0) is 51.8 Å². The summed E-state index contributed by atoms with van der Waals surface area (Å²) >= 11 is 0. The van der Waals surface area contributed by atoms with Crippen molar-refractivity contribution in [1.29, 1.82) is 0 Å². The van der Waals surface area contributed by atoms with Gasteiger partial charge in [-0.25, -0.2) is 0 Å². The minimum absolute atomic E-state index is 0.0822. The molecular formula is C18H26N2O2. The quantitative estimate of drug-likeness (QED) is 0.812. The number of rotatable bonds is 5. The lowest BCUT2D eigenvalue weighted by Crippen LogP contribution is -2.40. The van der Waals surface area contributed by atoms with Crippen molar-refractivity contribution in [2.24, 2.45) is 0 Å². The van der Waals surface area contributed by atoms with E-state index in [0.717, 1.165) is 12.0 Å². The van der Waals surface area contributed by atoms with Gasteiger partial charge in [0.25, 0.3) is 5.91 Å². The third kappa shape index (κ3) is 5.72. The normalized spacial score (nSPS) is 11.5. The van der Waals surface area contributed by atoms with Crippen molar-refractivity contribution in [2.75, 3.05) is 5.32 Å². The van der Waals surface area contributed by atoms with E-state index in [0.29, 0.717) is 17.7 Å². The van der Waals surface area contributed by atoms with E-state index >= 15 is 0 Å². The molecule has 1 rings (SSSR count). The second-order valence-corrected chi connectivity index (χ2v) is 6.31. The second kappa shape index (κ2) is 7.78. The average Bonchev–Trinajstić information content (AvgIpc) is 2.39. The third-order valence-corrected chi connectivity index (χ3v) is 3.05. The molecule has 0 bridgehead atoms. The molecule has 0 saturated heterocycles. The Hall–Kier alpha value is -2.10. The van der Waals surface area contributed by atoms with Crippen molar-refractivity contribution in [2.45, 2.75) is 53.0 Å². The van der Waals surface area contributed by atoms with Crippen molar-refractivity contribution in [3.8, 4) is 0 Å². The maximum absolute atomic E-state index is 12.3. The van der Waals surface area contributed by atoms with E-state index in [1.807, 2.05) is 52.8 Å². The fraction of sp³-hybridized carbons (Fsp3) is 0.444. The molecule has 4 nitrogen and oxygen atoms in total. The Labute approximate surface area is 133 Å². The maximum Gasteiger partial charge on any atom is 0.252 e. The number of amides is 2. The fourth-order valence-electron chi connectivity index (χ4n) is 1.98. The number of hydrogen-bond acceptors (Lipinski definition) is 2. The highest BCUT2D eigenvalue weighted by Gasteiger charge is 2.18. The van der Waals surface area contributed by atoms with Crippen LogP contribution in [-0.2, 0) is 4.79 Å². The molecule has 0 radical (unpaired) electrons. The minimum atomic E-state index is -0.298. The molecular weight excluding hydrogens is 276 g/mol. The summed E-state index contributed by atoms with van der Waals surface area (Å²) in [5, 5.41) is 5.79. The van der Waals surface area contributed by atoms with Crippen LogP contribution in [0.3, 0.4) is 0 Å². The fourth-order valence-corrected chi connectivity index (χ4v) is 1.98. The van der Waals surface area contributed by atoms with Crippen molar-refractivity contribution in [3.05, 3.63) is 41.5 Å². The summed E-state index contributed by atoms with van der Waals surface area (Å²) in [7, 11) is 0. The number of nitrogens with one attached hydrogen (secondary N) is 2. The van der Waals surface area contributed by atoms with E-state index in [1.54, 1.807) is 12.1 Å². The Morgan fingerprint density at radius 3 is 2.45 bits per heavy atom. The first kappa shape index (κ1) is 18.0. The predicted octanol–water partition coefficient (Wildman–Crippen LogP) is 3.82. The van der Waals surface area contributed by atoms with Gasteiger partial charge in [-0.15, -0.1) is 0 Å². The number of allylic oxidation sites excluding steroid dienone is 1. The lowest BCUT2D eigenvalue weighted by molar-refractivity contribution is -0.115. The van der Waals surface area contributed by atoms with Crippen LogP contribution in [0.1, 0.15) is 56.5 Å². The molecule has 22 heavy (non-hydrogen) atoms. The first-order chi connectivity index (χ1) is 10.2. The van der Waals surface area contributed by atoms with Crippen LogP contribution >= 0.6 is 0 Å². The number of carbonyl (C=O) groups is 2. The zero-order chi connectivity index (χ0) is 16.8. The summed E-state index contributed by atoms with van der Waals surface area (Å²) in [6, 6.07) is 5.36. The summed E-state index contributed by atoms with van der Waals surface area (Å²) in [6.45, 7) is 9.68. The van der Waals surface area contributed by atoms with Crippen LogP contribution in [0.2, 0.25) is 0 Å². The highest BCUT2D eigenvalue weighted by molar-refractivity contribution is 5.99. The highest BCUT2D eigenvalue weighted by atomic mass is 16.2. The predicted molar refractivity (Wildman–Crippen MR) is 91.1 cm³/mol. The Morgan fingerprint density at radius 1 is 1.18 bits per heavy atom. The second-order valence-electron chi connectivity index (χ2n) is 6.31. The molecule has 2 N–H and O–H groups in total. The molecule has 0 unspecified atom stereocenters. The molecule has 0 aliphatic carbocycles. The van der Waals surface area contributed by atoms with Gasteiger partial charge in [0.2, 0.25) is 5.91 Å². The van der Waals surface area contributed by atoms with E-state index in [-0.39, 0.29) is 17.4 Å². The van der Waals surface area contributed by atoms with Gasteiger partial charge >= 0.3 is 0 Å².